The minimum atomic E-state index is 0.508. The van der Waals surface area contributed by atoms with Crippen LogP contribution in [0, 0.1) is 17.8 Å². The fourth-order valence-electron chi connectivity index (χ4n) is 2.45. The van der Waals surface area contributed by atoms with E-state index >= 15 is 0 Å². The molecule has 0 spiro atoms. The van der Waals surface area contributed by atoms with Gasteiger partial charge < -0.3 is 9.30 Å². The molecule has 0 amide bonds. The second-order valence-corrected chi connectivity index (χ2v) is 4.49. The fraction of sp³-hybridized carbons (Fsp3) is 0.700. The Balaban J connectivity index is 1.62. The highest BCUT2D eigenvalue weighted by atomic mass is 35.5. The van der Waals surface area contributed by atoms with E-state index in [2.05, 4.69) is 9.55 Å². The second kappa shape index (κ2) is 3.24. The predicted molar refractivity (Wildman–Crippen MR) is 53.1 cm³/mol. The Morgan fingerprint density at radius 1 is 1.50 bits per heavy atom. The molecule has 1 saturated carbocycles. The van der Waals surface area contributed by atoms with Gasteiger partial charge in [-0.1, -0.05) is 0 Å². The Labute approximate surface area is 88.0 Å². The molecule has 0 radical (unpaired) electrons. The first kappa shape index (κ1) is 8.74. The first-order chi connectivity index (χ1) is 6.88. The third kappa shape index (κ3) is 1.35. The maximum absolute atomic E-state index is 5.69. The SMILES string of the molecule is ClCc1cn(CC2C3COCC32)cn1. The number of ether oxygens (including phenoxy) is 1. The van der Waals surface area contributed by atoms with E-state index in [-0.39, 0.29) is 0 Å². The Kier molecular flexibility index (Phi) is 2.03. The molecule has 3 nitrogen and oxygen atoms in total. The Hall–Kier alpha value is -0.540. The summed E-state index contributed by atoms with van der Waals surface area (Å²) in [7, 11) is 0. The van der Waals surface area contributed by atoms with Crippen molar-refractivity contribution in [2.45, 2.75) is 12.4 Å². The normalized spacial score (nSPS) is 34.5. The summed E-state index contributed by atoms with van der Waals surface area (Å²) < 4.78 is 7.51. The molecule has 2 atom stereocenters. The smallest absolute Gasteiger partial charge is 0.0950 e. The first-order valence-electron chi connectivity index (χ1n) is 5.03. The van der Waals surface area contributed by atoms with E-state index in [0.29, 0.717) is 5.88 Å². The number of fused-ring (bicyclic) bond motifs is 1. The predicted octanol–water partition coefficient (Wildman–Crippen LogP) is 1.51. The zero-order chi connectivity index (χ0) is 9.54. The van der Waals surface area contributed by atoms with Crippen LogP contribution >= 0.6 is 11.6 Å². The Morgan fingerprint density at radius 2 is 2.29 bits per heavy atom. The number of rotatable bonds is 3. The highest BCUT2D eigenvalue weighted by Crippen LogP contribution is 2.51. The molecule has 1 aromatic rings. The monoisotopic (exact) mass is 212 g/mol. The topological polar surface area (TPSA) is 27.1 Å². The summed E-state index contributed by atoms with van der Waals surface area (Å²) in [6, 6.07) is 0. The van der Waals surface area contributed by atoms with Crippen molar-refractivity contribution in [2.75, 3.05) is 13.2 Å². The summed E-state index contributed by atoms with van der Waals surface area (Å²) in [5, 5.41) is 0. The fourth-order valence-corrected chi connectivity index (χ4v) is 2.59. The van der Waals surface area contributed by atoms with Crippen LogP contribution < -0.4 is 0 Å². The molecule has 3 rings (SSSR count). The van der Waals surface area contributed by atoms with Gasteiger partial charge in [0, 0.05) is 12.7 Å². The number of hydrogen-bond donors (Lipinski definition) is 0. The average molecular weight is 213 g/mol. The Bertz CT molecular complexity index is 329. The van der Waals surface area contributed by atoms with Gasteiger partial charge in [0.2, 0.25) is 0 Å². The minimum Gasteiger partial charge on any atom is -0.381 e. The van der Waals surface area contributed by atoms with Gasteiger partial charge in [-0.05, 0) is 17.8 Å². The van der Waals surface area contributed by atoms with E-state index < -0.39 is 0 Å². The van der Waals surface area contributed by atoms with E-state index in [1.807, 2.05) is 12.5 Å². The van der Waals surface area contributed by atoms with Crippen LogP contribution in [0.4, 0.5) is 0 Å². The van der Waals surface area contributed by atoms with Crippen molar-refractivity contribution in [3.05, 3.63) is 18.2 Å². The lowest BCUT2D eigenvalue weighted by Gasteiger charge is -2.04. The molecule has 1 saturated heterocycles. The molecule has 2 unspecified atom stereocenters. The van der Waals surface area contributed by atoms with Gasteiger partial charge in [-0.3, -0.25) is 0 Å². The van der Waals surface area contributed by atoms with Crippen molar-refractivity contribution >= 4 is 11.6 Å². The molecular formula is C10H13ClN2O. The first-order valence-corrected chi connectivity index (χ1v) is 5.56. The summed E-state index contributed by atoms with van der Waals surface area (Å²) in [5.74, 6) is 2.96. The molecule has 2 heterocycles. The third-order valence-corrected chi connectivity index (χ3v) is 3.65. The van der Waals surface area contributed by atoms with Crippen LogP contribution in [0.5, 0.6) is 0 Å². The number of halogens is 1. The molecule has 76 valence electrons. The highest BCUT2D eigenvalue weighted by Gasteiger charge is 2.53. The van der Waals surface area contributed by atoms with Crippen molar-refractivity contribution in [3.8, 4) is 0 Å². The minimum absolute atomic E-state index is 0.508. The lowest BCUT2D eigenvalue weighted by atomic mass is 10.3. The van der Waals surface area contributed by atoms with Gasteiger partial charge >= 0.3 is 0 Å². The van der Waals surface area contributed by atoms with E-state index in [9.17, 15) is 0 Å². The summed E-state index contributed by atoms with van der Waals surface area (Å²) in [6.07, 6.45) is 3.93. The quantitative estimate of drug-likeness (QED) is 0.711. The van der Waals surface area contributed by atoms with E-state index in [4.69, 9.17) is 16.3 Å². The molecule has 2 aliphatic rings. The molecule has 1 aromatic heterocycles. The summed E-state index contributed by atoms with van der Waals surface area (Å²) >= 11 is 5.69. The lowest BCUT2D eigenvalue weighted by Crippen LogP contribution is -2.05. The average Bonchev–Trinajstić information content (AvgIpc) is 2.64. The number of imidazole rings is 1. The molecular weight excluding hydrogens is 200 g/mol. The van der Waals surface area contributed by atoms with Crippen molar-refractivity contribution in [1.82, 2.24) is 9.55 Å². The third-order valence-electron chi connectivity index (χ3n) is 3.37. The van der Waals surface area contributed by atoms with Gasteiger partial charge in [0.15, 0.2) is 0 Å². The molecule has 0 aromatic carbocycles. The highest BCUT2D eigenvalue weighted by molar-refractivity contribution is 6.16. The molecule has 1 aliphatic carbocycles. The van der Waals surface area contributed by atoms with Crippen molar-refractivity contribution in [3.63, 3.8) is 0 Å². The van der Waals surface area contributed by atoms with Crippen LogP contribution in [0.3, 0.4) is 0 Å². The van der Waals surface area contributed by atoms with Crippen LogP contribution in [0.25, 0.3) is 0 Å². The van der Waals surface area contributed by atoms with Gasteiger partial charge in [-0.25, -0.2) is 4.98 Å². The van der Waals surface area contributed by atoms with Crippen LogP contribution in [-0.2, 0) is 17.2 Å². The maximum atomic E-state index is 5.69. The van der Waals surface area contributed by atoms with E-state index in [1.54, 1.807) is 0 Å². The number of nitrogens with zero attached hydrogens (tertiary/aromatic N) is 2. The maximum Gasteiger partial charge on any atom is 0.0950 e. The van der Waals surface area contributed by atoms with Crippen molar-refractivity contribution in [1.29, 1.82) is 0 Å². The van der Waals surface area contributed by atoms with Gasteiger partial charge in [0.05, 0.1) is 31.1 Å². The zero-order valence-corrected chi connectivity index (χ0v) is 8.65. The number of aromatic nitrogens is 2. The zero-order valence-electron chi connectivity index (χ0n) is 7.90. The van der Waals surface area contributed by atoms with Crippen molar-refractivity contribution in [2.24, 2.45) is 17.8 Å². The summed E-state index contributed by atoms with van der Waals surface area (Å²) in [5.41, 5.74) is 0.966. The molecule has 0 bridgehead atoms. The lowest BCUT2D eigenvalue weighted by molar-refractivity contribution is 0.148. The number of hydrogen-bond acceptors (Lipinski definition) is 2. The van der Waals surface area contributed by atoms with Gasteiger partial charge in [0.1, 0.15) is 0 Å². The van der Waals surface area contributed by atoms with Crippen molar-refractivity contribution < 1.29 is 4.74 Å². The number of alkyl halides is 1. The van der Waals surface area contributed by atoms with E-state index in [1.165, 1.54) is 0 Å². The molecule has 0 N–H and O–H groups in total. The summed E-state index contributed by atoms with van der Waals surface area (Å²) in [4.78, 5) is 4.21. The molecule has 1 aliphatic heterocycles. The molecule has 2 fully saturated rings. The van der Waals surface area contributed by atoms with Crippen LogP contribution in [0.15, 0.2) is 12.5 Å². The second-order valence-electron chi connectivity index (χ2n) is 4.22. The summed E-state index contributed by atoms with van der Waals surface area (Å²) in [6.45, 7) is 3.02. The Morgan fingerprint density at radius 3 is 2.93 bits per heavy atom. The van der Waals surface area contributed by atoms with Crippen LogP contribution in [0.2, 0.25) is 0 Å². The molecule has 14 heavy (non-hydrogen) atoms. The van der Waals surface area contributed by atoms with E-state index in [0.717, 1.165) is 43.2 Å². The van der Waals surface area contributed by atoms with Gasteiger partial charge in [-0.15, -0.1) is 11.6 Å². The van der Waals surface area contributed by atoms with Gasteiger partial charge in [-0.2, -0.15) is 0 Å². The van der Waals surface area contributed by atoms with Crippen LogP contribution in [-0.4, -0.2) is 22.8 Å². The van der Waals surface area contributed by atoms with Gasteiger partial charge in [0.25, 0.3) is 0 Å². The molecule has 4 heteroatoms. The van der Waals surface area contributed by atoms with Crippen LogP contribution in [0.1, 0.15) is 5.69 Å². The standard InChI is InChI=1S/C10H13ClN2O/c11-1-7-2-13(6-12-7)3-8-9-4-14-5-10(8)9/h2,6,8-10H,1,3-5H2. The largest absolute Gasteiger partial charge is 0.381 e.